The molecule has 2 N–H and O–H groups in total. The lowest BCUT2D eigenvalue weighted by molar-refractivity contribution is 0.0938. The Morgan fingerprint density at radius 2 is 2.08 bits per heavy atom. The van der Waals surface area contributed by atoms with Gasteiger partial charge in [-0.2, -0.15) is 5.10 Å². The summed E-state index contributed by atoms with van der Waals surface area (Å²) in [5.41, 5.74) is 3.47. The van der Waals surface area contributed by atoms with Crippen molar-refractivity contribution in [2.75, 3.05) is 37.7 Å². The van der Waals surface area contributed by atoms with Crippen molar-refractivity contribution in [2.45, 2.75) is 39.3 Å². The van der Waals surface area contributed by atoms with Gasteiger partial charge in [0.05, 0.1) is 40.7 Å². The Morgan fingerprint density at radius 1 is 1.24 bits per heavy atom. The average molecular weight is 520 g/mol. The summed E-state index contributed by atoms with van der Waals surface area (Å²) >= 11 is 1.63. The van der Waals surface area contributed by atoms with Gasteiger partial charge < -0.3 is 15.3 Å². The van der Waals surface area contributed by atoms with Crippen LogP contribution in [0.5, 0.6) is 0 Å². The van der Waals surface area contributed by atoms with Crippen molar-refractivity contribution in [3.8, 4) is 21.8 Å². The zero-order chi connectivity index (χ0) is 25.9. The average Bonchev–Trinajstić information content (AvgIpc) is 3.57. The van der Waals surface area contributed by atoms with Gasteiger partial charge in [0.1, 0.15) is 5.82 Å². The van der Waals surface area contributed by atoms with Crippen LogP contribution in [0.25, 0.3) is 27.5 Å². The molecule has 5 rings (SSSR count). The molecule has 2 atom stereocenters. The van der Waals surface area contributed by atoms with Crippen molar-refractivity contribution in [1.82, 2.24) is 29.8 Å². The molecular weight excluding hydrogens is 486 g/mol. The number of rotatable bonds is 10. The molecule has 0 aliphatic carbocycles. The van der Waals surface area contributed by atoms with E-state index in [1.165, 1.54) is 0 Å². The zero-order valence-corrected chi connectivity index (χ0v) is 22.3. The smallest absolute Gasteiger partial charge is 0.251 e. The number of pyridine rings is 1. The predicted molar refractivity (Wildman–Crippen MR) is 147 cm³/mol. The topological polar surface area (TPSA) is 98.9 Å². The number of aliphatic hydroxyl groups is 1. The number of carbonyl (C=O) groups is 1. The minimum absolute atomic E-state index is 0.00816. The molecule has 1 fully saturated rings. The number of hydrogen-bond donors (Lipinski definition) is 2. The van der Waals surface area contributed by atoms with Crippen molar-refractivity contribution in [1.29, 1.82) is 0 Å². The SMILES string of the molecule is CCN(CC)C(C)CNC(=O)c1cc(-c2cnn3ccc(-c4cccs4)nc23)nc(N2CCC2CO)c1. The minimum Gasteiger partial charge on any atom is -0.394 e. The zero-order valence-electron chi connectivity index (χ0n) is 21.5. The Morgan fingerprint density at radius 3 is 2.76 bits per heavy atom. The number of nitrogens with one attached hydrogen (secondary N) is 1. The first-order chi connectivity index (χ1) is 18.0. The van der Waals surface area contributed by atoms with Gasteiger partial charge in [-0.3, -0.25) is 9.69 Å². The molecule has 194 valence electrons. The van der Waals surface area contributed by atoms with E-state index in [-0.39, 0.29) is 24.6 Å². The highest BCUT2D eigenvalue weighted by Crippen LogP contribution is 2.31. The molecule has 10 heteroatoms. The van der Waals surface area contributed by atoms with Crippen LogP contribution < -0.4 is 10.2 Å². The van der Waals surface area contributed by atoms with Crippen LogP contribution in [0.2, 0.25) is 0 Å². The highest BCUT2D eigenvalue weighted by Gasteiger charge is 2.30. The van der Waals surface area contributed by atoms with Crippen LogP contribution in [0.15, 0.2) is 48.1 Å². The summed E-state index contributed by atoms with van der Waals surface area (Å²) in [6, 6.07) is 9.86. The van der Waals surface area contributed by atoms with Crippen LogP contribution in [-0.4, -0.2) is 80.4 Å². The maximum atomic E-state index is 13.3. The lowest BCUT2D eigenvalue weighted by Crippen LogP contribution is -2.50. The quantitative estimate of drug-likeness (QED) is 0.331. The second kappa shape index (κ2) is 11.0. The molecule has 0 saturated carbocycles. The molecule has 0 radical (unpaired) electrons. The van der Waals surface area contributed by atoms with E-state index in [0.717, 1.165) is 42.2 Å². The second-order valence-corrected chi connectivity index (χ2v) is 10.3. The highest BCUT2D eigenvalue weighted by molar-refractivity contribution is 7.13. The van der Waals surface area contributed by atoms with Gasteiger partial charge in [0, 0.05) is 30.9 Å². The minimum atomic E-state index is -0.145. The number of anilines is 1. The standard InChI is InChI=1S/C27H33N7O2S/c1-4-32(5-2)18(3)15-28-27(36)19-13-23(30-25(14-19)33-10-8-20(33)17-35)21-16-29-34-11-9-22(31-26(21)34)24-7-6-12-37-24/h6-7,9,11-14,16,18,20,35H,4-5,8,10,15,17H2,1-3H3,(H,28,36). The number of hydrogen-bond acceptors (Lipinski definition) is 8. The highest BCUT2D eigenvalue weighted by atomic mass is 32.1. The molecule has 1 aliphatic heterocycles. The van der Waals surface area contributed by atoms with E-state index >= 15 is 0 Å². The third-order valence-corrected chi connectivity index (χ3v) is 8.03. The molecule has 37 heavy (non-hydrogen) atoms. The van der Waals surface area contributed by atoms with Gasteiger partial charge in [0.2, 0.25) is 0 Å². The fraction of sp³-hybridized carbons (Fsp3) is 0.407. The van der Waals surface area contributed by atoms with E-state index in [1.54, 1.807) is 22.0 Å². The van der Waals surface area contributed by atoms with Gasteiger partial charge in [-0.05, 0) is 56.1 Å². The third kappa shape index (κ3) is 5.09. The van der Waals surface area contributed by atoms with E-state index in [1.807, 2.05) is 41.9 Å². The summed E-state index contributed by atoms with van der Waals surface area (Å²) in [5.74, 6) is 0.534. The van der Waals surface area contributed by atoms with E-state index < -0.39 is 0 Å². The Kier molecular flexibility index (Phi) is 7.50. The molecular formula is C27H33N7O2S. The van der Waals surface area contributed by atoms with E-state index in [4.69, 9.17) is 9.97 Å². The second-order valence-electron chi connectivity index (χ2n) is 9.31. The van der Waals surface area contributed by atoms with Gasteiger partial charge in [0.25, 0.3) is 5.91 Å². The number of aliphatic hydroxyl groups excluding tert-OH is 1. The third-order valence-electron chi connectivity index (χ3n) is 7.14. The normalized spacial score (nSPS) is 16.2. The molecule has 0 bridgehead atoms. The monoisotopic (exact) mass is 519 g/mol. The van der Waals surface area contributed by atoms with Gasteiger partial charge in [0.15, 0.2) is 5.65 Å². The molecule has 1 saturated heterocycles. The van der Waals surface area contributed by atoms with E-state index in [2.05, 4.69) is 41.0 Å². The van der Waals surface area contributed by atoms with Crippen molar-refractivity contribution < 1.29 is 9.90 Å². The molecule has 1 amide bonds. The molecule has 9 nitrogen and oxygen atoms in total. The number of aromatic nitrogens is 4. The van der Waals surface area contributed by atoms with Crippen molar-refractivity contribution >= 4 is 28.7 Å². The molecule has 1 aliphatic rings. The summed E-state index contributed by atoms with van der Waals surface area (Å²) < 4.78 is 1.73. The number of fused-ring (bicyclic) bond motifs is 1. The van der Waals surface area contributed by atoms with Gasteiger partial charge in [-0.25, -0.2) is 14.5 Å². The number of carbonyl (C=O) groups excluding carboxylic acids is 1. The van der Waals surface area contributed by atoms with Gasteiger partial charge >= 0.3 is 0 Å². The Hall–Kier alpha value is -3.34. The lowest BCUT2D eigenvalue weighted by Gasteiger charge is -2.41. The van der Waals surface area contributed by atoms with Crippen LogP contribution >= 0.6 is 11.3 Å². The number of amides is 1. The summed E-state index contributed by atoms with van der Waals surface area (Å²) in [6.45, 7) is 9.64. The van der Waals surface area contributed by atoms with Crippen molar-refractivity contribution in [3.05, 3.63) is 53.7 Å². The van der Waals surface area contributed by atoms with E-state index in [9.17, 15) is 9.90 Å². The fourth-order valence-electron chi connectivity index (χ4n) is 4.79. The van der Waals surface area contributed by atoms with Crippen LogP contribution in [0.3, 0.4) is 0 Å². The van der Waals surface area contributed by atoms with Crippen molar-refractivity contribution in [3.63, 3.8) is 0 Å². The van der Waals surface area contributed by atoms with E-state index in [0.29, 0.717) is 29.3 Å². The molecule has 4 aromatic heterocycles. The summed E-state index contributed by atoms with van der Waals surface area (Å²) in [6.07, 6.45) is 4.54. The number of thiophene rings is 1. The Labute approximate surface area is 220 Å². The van der Waals surface area contributed by atoms with Crippen LogP contribution in [0.1, 0.15) is 37.6 Å². The molecule has 0 spiro atoms. The largest absolute Gasteiger partial charge is 0.394 e. The molecule has 0 aromatic carbocycles. The lowest BCUT2D eigenvalue weighted by atomic mass is 10.0. The van der Waals surface area contributed by atoms with Crippen LogP contribution in [0.4, 0.5) is 5.82 Å². The first kappa shape index (κ1) is 25.3. The van der Waals surface area contributed by atoms with Crippen LogP contribution in [0, 0.1) is 0 Å². The number of likely N-dealkylation sites (N-methyl/N-ethyl adjacent to an activating group) is 1. The maximum absolute atomic E-state index is 13.3. The summed E-state index contributed by atoms with van der Waals surface area (Å²) in [5, 5.41) is 19.4. The molecule has 5 heterocycles. The number of nitrogens with zero attached hydrogens (tertiary/aromatic N) is 6. The predicted octanol–water partition coefficient (Wildman–Crippen LogP) is 3.55. The van der Waals surface area contributed by atoms with Gasteiger partial charge in [-0.15, -0.1) is 11.3 Å². The first-order valence-electron chi connectivity index (χ1n) is 12.8. The molecule has 4 aromatic rings. The Bertz CT molecular complexity index is 1360. The fourth-order valence-corrected chi connectivity index (χ4v) is 5.49. The first-order valence-corrected chi connectivity index (χ1v) is 13.7. The molecule has 2 unspecified atom stereocenters. The van der Waals surface area contributed by atoms with Crippen LogP contribution in [-0.2, 0) is 0 Å². The summed E-state index contributed by atoms with van der Waals surface area (Å²) in [4.78, 5) is 28.5. The van der Waals surface area contributed by atoms with Gasteiger partial charge in [-0.1, -0.05) is 19.9 Å². The summed E-state index contributed by atoms with van der Waals surface area (Å²) in [7, 11) is 0. The maximum Gasteiger partial charge on any atom is 0.251 e. The Balaban J connectivity index is 1.51. The van der Waals surface area contributed by atoms with Crippen molar-refractivity contribution in [2.24, 2.45) is 0 Å².